The van der Waals surface area contributed by atoms with E-state index in [9.17, 15) is 14.4 Å². The summed E-state index contributed by atoms with van der Waals surface area (Å²) >= 11 is 0. The van der Waals surface area contributed by atoms with Gasteiger partial charge in [-0.15, -0.1) is 0 Å². The maximum absolute atomic E-state index is 11.8. The second-order valence-electron chi connectivity index (χ2n) is 4.48. The van der Waals surface area contributed by atoms with E-state index in [2.05, 4.69) is 10.1 Å². The van der Waals surface area contributed by atoms with Crippen LogP contribution in [0.15, 0.2) is 30.3 Å². The molecule has 0 aliphatic rings. The fourth-order valence-electron chi connectivity index (χ4n) is 1.74. The average molecular weight is 336 g/mol. The summed E-state index contributed by atoms with van der Waals surface area (Å²) in [6.45, 7) is 0. The number of rotatable bonds is 7. The summed E-state index contributed by atoms with van der Waals surface area (Å²) in [6, 6.07) is 6.93. The van der Waals surface area contributed by atoms with E-state index in [0.29, 0.717) is 0 Å². The molecule has 2 unspecified atom stereocenters. The zero-order chi connectivity index (χ0) is 15.8. The topological polar surface area (TPSA) is 119 Å². The molecule has 0 aromatic heterocycles. The Morgan fingerprint density at radius 3 is 2.36 bits per heavy atom. The van der Waals surface area contributed by atoms with Crippen LogP contribution in [0.4, 0.5) is 0 Å². The Morgan fingerprint density at radius 2 is 1.86 bits per heavy atom. The number of amides is 1. The first-order valence-corrected chi connectivity index (χ1v) is 6.33. The molecule has 0 radical (unpaired) electrons. The second kappa shape index (κ2) is 10.6. The van der Waals surface area contributed by atoms with Crippen LogP contribution in [0.2, 0.25) is 0 Å². The number of carbonyl (C=O) groups is 3. The zero-order valence-electron chi connectivity index (χ0n) is 11.6. The molecule has 0 spiro atoms. The van der Waals surface area contributed by atoms with Crippen molar-refractivity contribution in [3.63, 3.8) is 0 Å². The standard InChI is InChI=1S/C14H18N2O5.Ca.2H/c1-21-14(20)11(7-9-5-3-2-4-6-9)16-13(19)10(15)8-12(17)18;;;/h2-6,10-11H,7-8,15H2,1H3,(H,16,19)(H,17,18);;;. The molecular weight excluding hydrogens is 316 g/mol. The van der Waals surface area contributed by atoms with Crippen molar-refractivity contribution in [2.75, 3.05) is 7.11 Å². The van der Waals surface area contributed by atoms with Gasteiger partial charge in [0, 0.05) is 6.42 Å². The molecule has 0 fully saturated rings. The van der Waals surface area contributed by atoms with Crippen molar-refractivity contribution in [3.8, 4) is 0 Å². The summed E-state index contributed by atoms with van der Waals surface area (Å²) < 4.78 is 4.64. The number of benzene rings is 1. The van der Waals surface area contributed by atoms with E-state index in [1.54, 1.807) is 12.1 Å². The van der Waals surface area contributed by atoms with E-state index in [-0.39, 0.29) is 44.2 Å². The van der Waals surface area contributed by atoms with Gasteiger partial charge in [-0.2, -0.15) is 0 Å². The second-order valence-corrected chi connectivity index (χ2v) is 4.48. The molecule has 118 valence electrons. The molecule has 0 saturated carbocycles. The minimum atomic E-state index is -1.22. The van der Waals surface area contributed by atoms with Gasteiger partial charge in [0.25, 0.3) is 0 Å². The molecular formula is C14H20CaN2O5. The first-order valence-electron chi connectivity index (χ1n) is 6.33. The van der Waals surface area contributed by atoms with Gasteiger partial charge >= 0.3 is 49.7 Å². The Bertz CT molecular complexity index is 509. The number of aliphatic carboxylic acids is 1. The molecule has 8 heteroatoms. The van der Waals surface area contributed by atoms with Crippen molar-refractivity contribution in [2.45, 2.75) is 24.9 Å². The van der Waals surface area contributed by atoms with E-state index in [4.69, 9.17) is 10.8 Å². The van der Waals surface area contributed by atoms with Crippen molar-refractivity contribution in [1.29, 1.82) is 0 Å². The van der Waals surface area contributed by atoms with E-state index >= 15 is 0 Å². The van der Waals surface area contributed by atoms with Crippen molar-refractivity contribution in [2.24, 2.45) is 5.73 Å². The van der Waals surface area contributed by atoms with Crippen molar-refractivity contribution in [3.05, 3.63) is 35.9 Å². The van der Waals surface area contributed by atoms with Gasteiger partial charge in [0.2, 0.25) is 5.91 Å². The first kappa shape index (κ1) is 20.8. The number of methoxy groups -OCH3 is 1. The Labute approximate surface area is 158 Å². The number of nitrogens with one attached hydrogen (secondary N) is 1. The van der Waals surface area contributed by atoms with E-state index in [0.717, 1.165) is 5.56 Å². The van der Waals surface area contributed by atoms with Gasteiger partial charge in [-0.25, -0.2) is 4.79 Å². The Balaban J connectivity index is 0.00000441. The van der Waals surface area contributed by atoms with Gasteiger partial charge in [-0.3, -0.25) is 9.59 Å². The fraction of sp³-hybridized carbons (Fsp3) is 0.357. The molecule has 0 aliphatic carbocycles. The van der Waals surface area contributed by atoms with Crippen molar-refractivity contribution >= 4 is 55.6 Å². The normalized spacial score (nSPS) is 12.5. The van der Waals surface area contributed by atoms with Crippen LogP contribution in [0, 0.1) is 0 Å². The molecule has 22 heavy (non-hydrogen) atoms. The molecule has 1 rings (SSSR count). The average Bonchev–Trinajstić information content (AvgIpc) is 2.46. The predicted molar refractivity (Wildman–Crippen MR) is 82.9 cm³/mol. The van der Waals surface area contributed by atoms with Crippen LogP contribution in [0.5, 0.6) is 0 Å². The summed E-state index contributed by atoms with van der Waals surface area (Å²) in [4.78, 5) is 34.0. The third-order valence-electron chi connectivity index (χ3n) is 2.82. The number of ether oxygens (including phenoxy) is 1. The van der Waals surface area contributed by atoms with Gasteiger partial charge < -0.3 is 20.9 Å². The Morgan fingerprint density at radius 1 is 1.27 bits per heavy atom. The van der Waals surface area contributed by atoms with Crippen LogP contribution >= 0.6 is 0 Å². The van der Waals surface area contributed by atoms with Crippen LogP contribution in [-0.2, 0) is 25.5 Å². The van der Waals surface area contributed by atoms with Crippen LogP contribution in [0.1, 0.15) is 12.0 Å². The van der Waals surface area contributed by atoms with E-state index < -0.39 is 36.4 Å². The van der Waals surface area contributed by atoms with Gasteiger partial charge in [0.15, 0.2) is 0 Å². The monoisotopic (exact) mass is 336 g/mol. The third-order valence-corrected chi connectivity index (χ3v) is 2.82. The Hall–Kier alpha value is -1.15. The van der Waals surface area contributed by atoms with E-state index in [1.165, 1.54) is 7.11 Å². The minimum absolute atomic E-state index is 0. The molecule has 0 aliphatic heterocycles. The molecule has 0 bridgehead atoms. The molecule has 1 aromatic rings. The number of nitrogens with two attached hydrogens (primary N) is 1. The maximum atomic E-state index is 11.8. The number of hydrogen-bond acceptors (Lipinski definition) is 5. The molecule has 0 saturated heterocycles. The van der Waals surface area contributed by atoms with E-state index in [1.807, 2.05) is 18.2 Å². The molecule has 2 atom stereocenters. The Kier molecular flexibility index (Phi) is 10.0. The van der Waals surface area contributed by atoms with Crippen molar-refractivity contribution in [1.82, 2.24) is 5.32 Å². The van der Waals surface area contributed by atoms with Gasteiger partial charge in [-0.1, -0.05) is 30.3 Å². The van der Waals surface area contributed by atoms with Crippen LogP contribution in [0.3, 0.4) is 0 Å². The van der Waals surface area contributed by atoms with Gasteiger partial charge in [0.05, 0.1) is 19.6 Å². The molecule has 0 heterocycles. The predicted octanol–water partition coefficient (Wildman–Crippen LogP) is -1.23. The molecule has 1 amide bonds. The van der Waals surface area contributed by atoms with Gasteiger partial charge in [0.1, 0.15) is 6.04 Å². The van der Waals surface area contributed by atoms with Gasteiger partial charge in [-0.05, 0) is 5.56 Å². The number of carbonyl (C=O) groups excluding carboxylic acids is 2. The summed E-state index contributed by atoms with van der Waals surface area (Å²) in [7, 11) is 1.21. The number of carboxylic acid groups (broad SMARTS) is 1. The number of esters is 1. The van der Waals surface area contributed by atoms with Crippen molar-refractivity contribution < 1.29 is 24.2 Å². The molecule has 7 nitrogen and oxygen atoms in total. The molecule has 1 aromatic carbocycles. The van der Waals surface area contributed by atoms with Crippen LogP contribution in [0.25, 0.3) is 0 Å². The summed E-state index contributed by atoms with van der Waals surface area (Å²) in [5.41, 5.74) is 6.29. The first-order chi connectivity index (χ1) is 9.93. The van der Waals surface area contributed by atoms with Crippen LogP contribution < -0.4 is 11.1 Å². The van der Waals surface area contributed by atoms with Crippen LogP contribution in [-0.4, -0.2) is 79.9 Å². The fourth-order valence-corrected chi connectivity index (χ4v) is 1.74. The SMILES string of the molecule is COC(=O)C(Cc1ccccc1)NC(=O)C(N)CC(=O)O.[CaH2]. The molecule has 4 N–H and O–H groups in total. The zero-order valence-corrected chi connectivity index (χ0v) is 11.6. The number of carboxylic acids is 1. The third kappa shape index (κ3) is 7.22. The quantitative estimate of drug-likeness (QED) is 0.424. The number of hydrogen-bond donors (Lipinski definition) is 3. The summed E-state index contributed by atoms with van der Waals surface area (Å²) in [5.74, 6) is -2.51. The summed E-state index contributed by atoms with van der Waals surface area (Å²) in [6.07, 6.45) is -0.274. The summed E-state index contributed by atoms with van der Waals surface area (Å²) in [5, 5.41) is 11.0.